The average Bonchev–Trinajstić information content (AvgIpc) is 2.59. The van der Waals surface area contributed by atoms with Crippen molar-refractivity contribution in [2.45, 2.75) is 84.5 Å². The Morgan fingerprint density at radius 2 is 1.75 bits per heavy atom. The molecule has 156 valence electrons. The molecule has 2 rings (SSSR count). The lowest BCUT2D eigenvalue weighted by molar-refractivity contribution is -0.124. The van der Waals surface area contributed by atoms with Gasteiger partial charge in [0.15, 0.2) is 0 Å². The Hall–Kier alpha value is -1.09. The summed E-state index contributed by atoms with van der Waals surface area (Å²) < 4.78 is 0. The predicted octanol–water partition coefficient (Wildman–Crippen LogP) is 6.75. The van der Waals surface area contributed by atoms with Crippen LogP contribution in [-0.4, -0.2) is 17.8 Å². The molecule has 2 unspecified atom stereocenters. The summed E-state index contributed by atoms with van der Waals surface area (Å²) in [6.45, 7) is 11.0. The average molecular weight is 403 g/mol. The first-order valence-corrected chi connectivity index (χ1v) is 11.9. The maximum Gasteiger partial charge on any atom is 0.137 e. The molecule has 28 heavy (non-hydrogen) atoms. The van der Waals surface area contributed by atoms with Gasteiger partial charge in [-0.2, -0.15) is 0 Å². The molecule has 0 aliphatic heterocycles. The zero-order valence-electron chi connectivity index (χ0n) is 18.6. The van der Waals surface area contributed by atoms with Crippen LogP contribution in [-0.2, 0) is 16.0 Å². The number of thioether (sulfide) groups is 1. The molecule has 0 amide bonds. The summed E-state index contributed by atoms with van der Waals surface area (Å²) in [5.74, 6) is 1.29. The van der Waals surface area contributed by atoms with E-state index in [1.165, 1.54) is 4.90 Å². The van der Waals surface area contributed by atoms with Crippen molar-refractivity contribution in [1.29, 1.82) is 0 Å². The van der Waals surface area contributed by atoms with Crippen LogP contribution in [0.15, 0.2) is 29.2 Å². The highest BCUT2D eigenvalue weighted by molar-refractivity contribution is 7.98. The second-order valence-electron chi connectivity index (χ2n) is 10.3. The molecule has 0 spiro atoms. The largest absolute Gasteiger partial charge is 0.299 e. The van der Waals surface area contributed by atoms with Crippen molar-refractivity contribution in [2.24, 2.45) is 22.7 Å². The normalized spacial score (nSPS) is 24.3. The number of ketones is 2. The molecule has 1 aliphatic rings. The van der Waals surface area contributed by atoms with Crippen molar-refractivity contribution < 1.29 is 9.59 Å². The van der Waals surface area contributed by atoms with Crippen molar-refractivity contribution in [1.82, 2.24) is 0 Å². The monoisotopic (exact) mass is 402 g/mol. The van der Waals surface area contributed by atoms with Crippen LogP contribution < -0.4 is 0 Å². The van der Waals surface area contributed by atoms with Gasteiger partial charge in [0.2, 0.25) is 0 Å². The van der Waals surface area contributed by atoms with E-state index in [1.807, 2.05) is 13.8 Å². The molecular formula is C25H38O2S. The van der Waals surface area contributed by atoms with Crippen LogP contribution in [0.1, 0.15) is 78.7 Å². The fourth-order valence-corrected chi connectivity index (χ4v) is 5.61. The van der Waals surface area contributed by atoms with Crippen LogP contribution in [0.25, 0.3) is 0 Å². The Kier molecular flexibility index (Phi) is 7.96. The van der Waals surface area contributed by atoms with Crippen molar-refractivity contribution >= 4 is 23.3 Å². The zero-order chi connectivity index (χ0) is 20.9. The molecule has 0 saturated heterocycles. The molecule has 1 aromatic carbocycles. The topological polar surface area (TPSA) is 34.1 Å². The number of Topliss-reactive ketones (excluding diaryl/α,β-unsaturated/α-hetero) is 2. The Labute approximate surface area is 176 Å². The highest BCUT2D eigenvalue weighted by Crippen LogP contribution is 2.51. The number of benzene rings is 1. The molecule has 3 heteroatoms. The van der Waals surface area contributed by atoms with E-state index < -0.39 is 0 Å². The van der Waals surface area contributed by atoms with Gasteiger partial charge in [-0.1, -0.05) is 46.8 Å². The fourth-order valence-electron chi connectivity index (χ4n) is 5.21. The van der Waals surface area contributed by atoms with Crippen LogP contribution >= 0.6 is 11.8 Å². The molecular weight excluding hydrogens is 364 g/mol. The number of hydrogen-bond acceptors (Lipinski definition) is 3. The first-order valence-electron chi connectivity index (χ1n) is 10.7. The standard InChI is InChI=1S/C25H38O2S/c1-18(2)23(27)14-20-15-24(3,4)17-25(5,16-20)12-11-21(26)13-19-7-9-22(28-6)10-8-19/h7-10,18,20H,11-17H2,1-6H3. The van der Waals surface area contributed by atoms with Gasteiger partial charge >= 0.3 is 0 Å². The molecule has 0 radical (unpaired) electrons. The third-order valence-electron chi connectivity index (χ3n) is 6.23. The van der Waals surface area contributed by atoms with Gasteiger partial charge in [0.1, 0.15) is 11.6 Å². The number of hydrogen-bond donors (Lipinski definition) is 0. The van der Waals surface area contributed by atoms with E-state index in [1.54, 1.807) is 11.8 Å². The van der Waals surface area contributed by atoms with E-state index in [2.05, 4.69) is 51.3 Å². The Bertz CT molecular complexity index is 674. The maximum absolute atomic E-state index is 12.6. The van der Waals surface area contributed by atoms with Gasteiger partial charge in [-0.3, -0.25) is 9.59 Å². The van der Waals surface area contributed by atoms with Crippen molar-refractivity contribution in [3.63, 3.8) is 0 Å². The summed E-state index contributed by atoms with van der Waals surface area (Å²) in [6.07, 6.45) is 8.21. The van der Waals surface area contributed by atoms with Gasteiger partial charge < -0.3 is 0 Å². The lowest BCUT2D eigenvalue weighted by atomic mass is 9.58. The smallest absolute Gasteiger partial charge is 0.137 e. The molecule has 0 N–H and O–H groups in total. The van der Waals surface area contributed by atoms with Gasteiger partial charge in [0, 0.05) is 30.1 Å². The van der Waals surface area contributed by atoms with Crippen LogP contribution in [0.5, 0.6) is 0 Å². The van der Waals surface area contributed by atoms with E-state index in [0.29, 0.717) is 36.7 Å². The minimum Gasteiger partial charge on any atom is -0.299 e. The molecule has 0 bridgehead atoms. The van der Waals surface area contributed by atoms with E-state index in [0.717, 1.165) is 31.2 Å². The number of rotatable bonds is 9. The first kappa shape index (κ1) is 23.2. The lowest BCUT2D eigenvalue weighted by Crippen LogP contribution is -2.37. The lowest BCUT2D eigenvalue weighted by Gasteiger charge is -2.47. The van der Waals surface area contributed by atoms with Gasteiger partial charge in [0.05, 0.1) is 0 Å². The SMILES string of the molecule is CSc1ccc(CC(=O)CCC2(C)CC(CC(=O)C(C)C)CC(C)(C)C2)cc1. The van der Waals surface area contributed by atoms with Gasteiger partial charge in [-0.25, -0.2) is 0 Å². The number of carbonyl (C=O) groups is 2. The molecule has 1 aromatic rings. The minimum absolute atomic E-state index is 0.121. The second-order valence-corrected chi connectivity index (χ2v) is 11.2. The Balaban J connectivity index is 1.94. The number of carbonyl (C=O) groups excluding carboxylic acids is 2. The summed E-state index contributed by atoms with van der Waals surface area (Å²) >= 11 is 1.72. The molecule has 1 fully saturated rings. The third-order valence-corrected chi connectivity index (χ3v) is 6.97. The Morgan fingerprint density at radius 3 is 2.32 bits per heavy atom. The van der Waals surface area contributed by atoms with Crippen molar-refractivity contribution in [3.05, 3.63) is 29.8 Å². The zero-order valence-corrected chi connectivity index (χ0v) is 19.5. The van der Waals surface area contributed by atoms with E-state index in [9.17, 15) is 9.59 Å². The second kappa shape index (κ2) is 9.61. The molecule has 1 saturated carbocycles. The summed E-state index contributed by atoms with van der Waals surface area (Å²) in [5, 5.41) is 0. The molecule has 2 nitrogen and oxygen atoms in total. The fraction of sp³-hybridized carbons (Fsp3) is 0.680. The van der Waals surface area contributed by atoms with Crippen molar-refractivity contribution in [3.8, 4) is 0 Å². The van der Waals surface area contributed by atoms with E-state index in [4.69, 9.17) is 0 Å². The third kappa shape index (κ3) is 7.06. The highest BCUT2D eigenvalue weighted by Gasteiger charge is 2.41. The maximum atomic E-state index is 12.6. The Morgan fingerprint density at radius 1 is 1.11 bits per heavy atom. The van der Waals surface area contributed by atoms with Crippen molar-refractivity contribution in [2.75, 3.05) is 6.26 Å². The van der Waals surface area contributed by atoms with Gasteiger partial charge in [-0.15, -0.1) is 11.8 Å². The van der Waals surface area contributed by atoms with Crippen LogP contribution in [0.2, 0.25) is 0 Å². The molecule has 1 aliphatic carbocycles. The summed E-state index contributed by atoms with van der Waals surface area (Å²) in [7, 11) is 0. The van der Waals surface area contributed by atoms with E-state index >= 15 is 0 Å². The van der Waals surface area contributed by atoms with Crippen LogP contribution in [0.4, 0.5) is 0 Å². The summed E-state index contributed by atoms with van der Waals surface area (Å²) in [4.78, 5) is 26.1. The van der Waals surface area contributed by atoms with Gasteiger partial charge in [0.25, 0.3) is 0 Å². The summed E-state index contributed by atoms with van der Waals surface area (Å²) in [5.41, 5.74) is 1.51. The highest BCUT2D eigenvalue weighted by atomic mass is 32.2. The quantitative estimate of drug-likeness (QED) is 0.428. The van der Waals surface area contributed by atoms with Gasteiger partial charge in [-0.05, 0) is 66.4 Å². The molecule has 0 heterocycles. The molecule has 2 atom stereocenters. The minimum atomic E-state index is 0.121. The predicted molar refractivity (Wildman–Crippen MR) is 120 cm³/mol. The van der Waals surface area contributed by atoms with Crippen LogP contribution in [0.3, 0.4) is 0 Å². The molecule has 0 aromatic heterocycles. The van der Waals surface area contributed by atoms with E-state index in [-0.39, 0.29) is 16.7 Å². The first-order chi connectivity index (χ1) is 13.0. The van der Waals surface area contributed by atoms with Crippen LogP contribution in [0, 0.1) is 22.7 Å². The summed E-state index contributed by atoms with van der Waals surface area (Å²) in [6, 6.07) is 8.33.